The maximum atomic E-state index is 11.7. The van der Waals surface area contributed by atoms with Gasteiger partial charge < -0.3 is 14.8 Å². The average molecular weight is 287 g/mol. The van der Waals surface area contributed by atoms with E-state index in [9.17, 15) is 9.90 Å². The van der Waals surface area contributed by atoms with E-state index in [-0.39, 0.29) is 12.5 Å². The first-order valence-electron chi connectivity index (χ1n) is 6.21. The summed E-state index contributed by atoms with van der Waals surface area (Å²) in [7, 11) is 0. The molecule has 3 aromatic rings. The van der Waals surface area contributed by atoms with E-state index in [0.29, 0.717) is 5.56 Å². The Bertz CT molecular complexity index is 685. The molecule has 102 valence electrons. The van der Waals surface area contributed by atoms with Crippen LogP contribution in [0.2, 0.25) is 0 Å². The number of amides is 1. The van der Waals surface area contributed by atoms with Crippen LogP contribution in [0.4, 0.5) is 0 Å². The van der Waals surface area contributed by atoms with Gasteiger partial charge in [0, 0.05) is 16.1 Å². The summed E-state index contributed by atoms with van der Waals surface area (Å²) in [6.07, 6.45) is 2.11. The van der Waals surface area contributed by atoms with Crippen LogP contribution in [0.3, 0.4) is 0 Å². The van der Waals surface area contributed by atoms with Gasteiger partial charge in [0.1, 0.15) is 12.4 Å². The van der Waals surface area contributed by atoms with E-state index in [4.69, 9.17) is 4.42 Å². The minimum absolute atomic E-state index is 0.177. The molecule has 0 saturated heterocycles. The Morgan fingerprint density at radius 3 is 2.95 bits per heavy atom. The van der Waals surface area contributed by atoms with Crippen molar-refractivity contribution in [3.63, 3.8) is 0 Å². The lowest BCUT2D eigenvalue weighted by atomic mass is 10.2. The Hall–Kier alpha value is -2.11. The van der Waals surface area contributed by atoms with Crippen molar-refractivity contribution in [1.29, 1.82) is 0 Å². The molecular formula is C15H13NO3S. The molecule has 0 saturated carbocycles. The Morgan fingerprint density at radius 1 is 1.35 bits per heavy atom. The first kappa shape index (κ1) is 12.9. The largest absolute Gasteiger partial charge is 0.472 e. The standard InChI is InChI=1S/C15H13NO3S/c17-12(8-16-15(18)11-5-6-19-9-11)14-7-10-3-1-2-4-13(10)20-14/h1-7,9,12,17H,8H2,(H,16,18). The highest BCUT2D eigenvalue weighted by Crippen LogP contribution is 2.29. The third-order valence-corrected chi connectivity index (χ3v) is 4.23. The van der Waals surface area contributed by atoms with Crippen molar-refractivity contribution in [2.45, 2.75) is 6.10 Å². The van der Waals surface area contributed by atoms with Crippen LogP contribution in [-0.2, 0) is 0 Å². The molecule has 0 aliphatic rings. The molecule has 3 rings (SSSR count). The summed E-state index contributed by atoms with van der Waals surface area (Å²) in [5.74, 6) is -0.251. The van der Waals surface area contributed by atoms with Gasteiger partial charge in [0.05, 0.1) is 11.8 Å². The van der Waals surface area contributed by atoms with Crippen LogP contribution in [0, 0.1) is 0 Å². The average Bonchev–Trinajstić information content (AvgIpc) is 3.12. The number of hydrogen-bond donors (Lipinski definition) is 2. The summed E-state index contributed by atoms with van der Waals surface area (Å²) >= 11 is 1.53. The van der Waals surface area contributed by atoms with Crippen LogP contribution in [0.15, 0.2) is 53.3 Å². The van der Waals surface area contributed by atoms with Crippen molar-refractivity contribution in [3.8, 4) is 0 Å². The molecule has 1 aromatic carbocycles. The molecule has 1 unspecified atom stereocenters. The lowest BCUT2D eigenvalue weighted by molar-refractivity contribution is 0.0917. The number of carbonyl (C=O) groups is 1. The fourth-order valence-corrected chi connectivity index (χ4v) is 3.00. The van der Waals surface area contributed by atoms with Crippen LogP contribution < -0.4 is 5.32 Å². The second-order valence-corrected chi connectivity index (χ2v) is 5.54. The summed E-state index contributed by atoms with van der Waals surface area (Å²) in [6.45, 7) is 0.177. The maximum Gasteiger partial charge on any atom is 0.254 e. The van der Waals surface area contributed by atoms with Crippen LogP contribution in [0.25, 0.3) is 10.1 Å². The van der Waals surface area contributed by atoms with E-state index in [1.54, 1.807) is 6.07 Å². The Labute approximate surface area is 119 Å². The van der Waals surface area contributed by atoms with Crippen molar-refractivity contribution in [2.24, 2.45) is 0 Å². The molecule has 2 aromatic heterocycles. The molecule has 0 fully saturated rings. The number of carbonyl (C=O) groups excluding carboxylic acids is 1. The van der Waals surface area contributed by atoms with Gasteiger partial charge in [0.25, 0.3) is 5.91 Å². The molecule has 0 radical (unpaired) electrons. The lowest BCUT2D eigenvalue weighted by Crippen LogP contribution is -2.27. The second-order valence-electron chi connectivity index (χ2n) is 4.42. The van der Waals surface area contributed by atoms with E-state index < -0.39 is 6.10 Å². The zero-order valence-electron chi connectivity index (χ0n) is 10.6. The van der Waals surface area contributed by atoms with Gasteiger partial charge in [-0.2, -0.15) is 0 Å². The number of hydrogen-bond acceptors (Lipinski definition) is 4. The molecule has 2 heterocycles. The van der Waals surface area contributed by atoms with Gasteiger partial charge in [0.2, 0.25) is 0 Å². The predicted molar refractivity (Wildman–Crippen MR) is 77.8 cm³/mol. The molecule has 0 aliphatic heterocycles. The van der Waals surface area contributed by atoms with Crippen LogP contribution in [0.1, 0.15) is 21.3 Å². The third kappa shape index (κ3) is 2.59. The SMILES string of the molecule is O=C(NCC(O)c1cc2ccccc2s1)c1ccoc1. The number of furan rings is 1. The molecule has 4 nitrogen and oxygen atoms in total. The van der Waals surface area contributed by atoms with E-state index in [0.717, 1.165) is 15.0 Å². The Balaban J connectivity index is 1.67. The number of nitrogens with one attached hydrogen (secondary N) is 1. The van der Waals surface area contributed by atoms with Crippen LogP contribution in [-0.4, -0.2) is 17.6 Å². The predicted octanol–water partition coefficient (Wildman–Crippen LogP) is 2.96. The lowest BCUT2D eigenvalue weighted by Gasteiger charge is -2.09. The van der Waals surface area contributed by atoms with E-state index in [1.165, 1.54) is 23.9 Å². The fourth-order valence-electron chi connectivity index (χ4n) is 1.95. The third-order valence-electron chi connectivity index (χ3n) is 3.01. The number of aliphatic hydroxyl groups excluding tert-OH is 1. The van der Waals surface area contributed by atoms with Gasteiger partial charge in [-0.3, -0.25) is 4.79 Å². The number of thiophene rings is 1. The van der Waals surface area contributed by atoms with Crippen molar-refractivity contribution >= 4 is 27.3 Å². The summed E-state index contributed by atoms with van der Waals surface area (Å²) in [4.78, 5) is 12.6. The van der Waals surface area contributed by atoms with Crippen LogP contribution >= 0.6 is 11.3 Å². The zero-order chi connectivity index (χ0) is 13.9. The molecule has 0 aliphatic carbocycles. The number of rotatable bonds is 4. The molecule has 0 bridgehead atoms. The number of benzene rings is 1. The quantitative estimate of drug-likeness (QED) is 0.775. The number of aliphatic hydroxyl groups is 1. The molecule has 0 spiro atoms. The monoisotopic (exact) mass is 287 g/mol. The van der Waals surface area contributed by atoms with Gasteiger partial charge in [-0.25, -0.2) is 0 Å². The van der Waals surface area contributed by atoms with Gasteiger partial charge in [-0.05, 0) is 23.6 Å². The first-order valence-corrected chi connectivity index (χ1v) is 7.02. The topological polar surface area (TPSA) is 62.5 Å². The van der Waals surface area contributed by atoms with Crippen molar-refractivity contribution < 1.29 is 14.3 Å². The molecule has 1 atom stereocenters. The maximum absolute atomic E-state index is 11.7. The van der Waals surface area contributed by atoms with E-state index >= 15 is 0 Å². The second kappa shape index (κ2) is 5.48. The first-order chi connectivity index (χ1) is 9.74. The minimum atomic E-state index is -0.705. The summed E-state index contributed by atoms with van der Waals surface area (Å²) in [6, 6.07) is 11.5. The summed E-state index contributed by atoms with van der Waals surface area (Å²) in [5, 5.41) is 13.9. The van der Waals surface area contributed by atoms with Gasteiger partial charge in [-0.15, -0.1) is 11.3 Å². The van der Waals surface area contributed by atoms with Crippen molar-refractivity contribution in [2.75, 3.05) is 6.54 Å². The highest BCUT2D eigenvalue weighted by Gasteiger charge is 2.13. The number of fused-ring (bicyclic) bond motifs is 1. The Morgan fingerprint density at radius 2 is 2.20 bits per heavy atom. The highest BCUT2D eigenvalue weighted by atomic mass is 32.1. The summed E-state index contributed by atoms with van der Waals surface area (Å²) in [5.41, 5.74) is 0.452. The van der Waals surface area contributed by atoms with Crippen LogP contribution in [0.5, 0.6) is 0 Å². The Kier molecular flexibility index (Phi) is 3.54. The molecule has 5 heteroatoms. The normalized spacial score (nSPS) is 12.4. The van der Waals surface area contributed by atoms with Gasteiger partial charge in [-0.1, -0.05) is 18.2 Å². The van der Waals surface area contributed by atoms with Crippen molar-refractivity contribution in [3.05, 3.63) is 59.4 Å². The van der Waals surface area contributed by atoms with E-state index in [2.05, 4.69) is 5.32 Å². The molecule has 1 amide bonds. The highest BCUT2D eigenvalue weighted by molar-refractivity contribution is 7.19. The fraction of sp³-hybridized carbons (Fsp3) is 0.133. The minimum Gasteiger partial charge on any atom is -0.472 e. The smallest absolute Gasteiger partial charge is 0.254 e. The van der Waals surface area contributed by atoms with E-state index in [1.807, 2.05) is 30.3 Å². The van der Waals surface area contributed by atoms with Gasteiger partial charge >= 0.3 is 0 Å². The van der Waals surface area contributed by atoms with Crippen molar-refractivity contribution in [1.82, 2.24) is 5.32 Å². The van der Waals surface area contributed by atoms with Gasteiger partial charge in [0.15, 0.2) is 0 Å². The molecular weight excluding hydrogens is 274 g/mol. The zero-order valence-corrected chi connectivity index (χ0v) is 11.4. The molecule has 2 N–H and O–H groups in total. The summed E-state index contributed by atoms with van der Waals surface area (Å²) < 4.78 is 5.97. The molecule has 20 heavy (non-hydrogen) atoms.